The molecule has 84 valence electrons. The summed E-state index contributed by atoms with van der Waals surface area (Å²) < 4.78 is 0. The van der Waals surface area contributed by atoms with Crippen LogP contribution in [0.5, 0.6) is 0 Å². The molecule has 0 spiro atoms. The van der Waals surface area contributed by atoms with Crippen LogP contribution in [-0.4, -0.2) is 15.9 Å². The molecule has 1 heterocycles. The third-order valence-corrected chi connectivity index (χ3v) is 2.58. The van der Waals surface area contributed by atoms with Gasteiger partial charge in [-0.05, 0) is 25.3 Å². The van der Waals surface area contributed by atoms with Gasteiger partial charge in [-0.15, -0.1) is 0 Å². The van der Waals surface area contributed by atoms with E-state index in [4.69, 9.17) is 0 Å². The quantitative estimate of drug-likeness (QED) is 0.482. The second-order valence-electron chi connectivity index (χ2n) is 3.78. The predicted octanol–water partition coefficient (Wildman–Crippen LogP) is 2.51. The number of aromatic nitrogens is 1. The van der Waals surface area contributed by atoms with Gasteiger partial charge < -0.3 is 5.32 Å². The number of nitro groups is 1. The van der Waals surface area contributed by atoms with Gasteiger partial charge in [-0.25, -0.2) is 4.98 Å². The SMILES string of the molecule is O=[N+]([O-])c1ccc(N[C@H]2CC=CCC2)nc1. The first-order chi connectivity index (χ1) is 7.75. The highest BCUT2D eigenvalue weighted by atomic mass is 16.6. The Labute approximate surface area is 93.3 Å². The number of allylic oxidation sites excluding steroid dienone is 1. The first-order valence-corrected chi connectivity index (χ1v) is 5.27. The van der Waals surface area contributed by atoms with E-state index < -0.39 is 4.92 Å². The van der Waals surface area contributed by atoms with Crippen LogP contribution in [0.4, 0.5) is 11.5 Å². The molecule has 0 saturated carbocycles. The summed E-state index contributed by atoms with van der Waals surface area (Å²) in [4.78, 5) is 14.0. The Morgan fingerprint density at radius 3 is 2.88 bits per heavy atom. The Balaban J connectivity index is 1.99. The topological polar surface area (TPSA) is 68.1 Å². The second kappa shape index (κ2) is 4.74. The third-order valence-electron chi connectivity index (χ3n) is 2.58. The Morgan fingerprint density at radius 1 is 1.44 bits per heavy atom. The normalized spacial score (nSPS) is 19.4. The number of pyridine rings is 1. The molecule has 1 atom stereocenters. The molecule has 0 fully saturated rings. The van der Waals surface area contributed by atoms with Crippen LogP contribution in [0.3, 0.4) is 0 Å². The zero-order chi connectivity index (χ0) is 11.4. The van der Waals surface area contributed by atoms with Crippen LogP contribution in [0.15, 0.2) is 30.5 Å². The van der Waals surface area contributed by atoms with Crippen molar-refractivity contribution in [1.82, 2.24) is 4.98 Å². The van der Waals surface area contributed by atoms with Gasteiger partial charge in [0.2, 0.25) is 0 Å². The highest BCUT2D eigenvalue weighted by Gasteiger charge is 2.11. The van der Waals surface area contributed by atoms with Crippen molar-refractivity contribution in [2.24, 2.45) is 0 Å². The lowest BCUT2D eigenvalue weighted by Gasteiger charge is -2.19. The van der Waals surface area contributed by atoms with Crippen molar-refractivity contribution in [3.63, 3.8) is 0 Å². The molecule has 0 aromatic carbocycles. The van der Waals surface area contributed by atoms with Crippen LogP contribution < -0.4 is 5.32 Å². The largest absolute Gasteiger partial charge is 0.367 e. The molecule has 0 saturated heterocycles. The Hall–Kier alpha value is -1.91. The van der Waals surface area contributed by atoms with Crippen molar-refractivity contribution < 1.29 is 4.92 Å². The molecule has 1 aliphatic carbocycles. The molecule has 0 bridgehead atoms. The van der Waals surface area contributed by atoms with Gasteiger partial charge in [-0.2, -0.15) is 0 Å². The van der Waals surface area contributed by atoms with Crippen molar-refractivity contribution in [2.45, 2.75) is 25.3 Å². The van der Waals surface area contributed by atoms with E-state index in [2.05, 4.69) is 22.5 Å². The van der Waals surface area contributed by atoms with E-state index in [0.29, 0.717) is 11.9 Å². The fourth-order valence-electron chi connectivity index (χ4n) is 1.71. The first kappa shape index (κ1) is 10.6. The lowest BCUT2D eigenvalue weighted by Crippen LogP contribution is -2.20. The fraction of sp³-hybridized carbons (Fsp3) is 0.364. The van der Waals surface area contributed by atoms with Gasteiger partial charge in [0, 0.05) is 12.1 Å². The van der Waals surface area contributed by atoms with Crippen LogP contribution in [0.1, 0.15) is 19.3 Å². The van der Waals surface area contributed by atoms with Gasteiger partial charge in [0.15, 0.2) is 0 Å². The molecule has 0 amide bonds. The minimum atomic E-state index is -0.444. The van der Waals surface area contributed by atoms with E-state index >= 15 is 0 Å². The molecule has 1 aromatic heterocycles. The molecular formula is C11H13N3O2. The minimum absolute atomic E-state index is 0.0223. The summed E-state index contributed by atoms with van der Waals surface area (Å²) in [5.41, 5.74) is 0.0223. The number of hydrogen-bond acceptors (Lipinski definition) is 4. The van der Waals surface area contributed by atoms with E-state index in [0.717, 1.165) is 19.3 Å². The molecule has 0 unspecified atom stereocenters. The highest BCUT2D eigenvalue weighted by molar-refractivity contribution is 5.41. The Kier molecular flexibility index (Phi) is 3.14. The molecule has 5 nitrogen and oxygen atoms in total. The summed E-state index contributed by atoms with van der Waals surface area (Å²) >= 11 is 0. The van der Waals surface area contributed by atoms with Crippen LogP contribution in [-0.2, 0) is 0 Å². The van der Waals surface area contributed by atoms with Crippen molar-refractivity contribution in [2.75, 3.05) is 5.32 Å². The maximum Gasteiger partial charge on any atom is 0.287 e. The number of nitrogens with one attached hydrogen (secondary N) is 1. The standard InChI is InChI=1S/C11H13N3O2/c15-14(16)10-6-7-11(12-8-10)13-9-4-2-1-3-5-9/h1-2,6-9H,3-5H2,(H,12,13)/t9-/m0/s1. The molecule has 1 aliphatic rings. The lowest BCUT2D eigenvalue weighted by molar-refractivity contribution is -0.385. The van der Waals surface area contributed by atoms with Gasteiger partial charge in [0.1, 0.15) is 12.0 Å². The number of rotatable bonds is 3. The van der Waals surface area contributed by atoms with Gasteiger partial charge >= 0.3 is 0 Å². The summed E-state index contributed by atoms with van der Waals surface area (Å²) in [7, 11) is 0. The van der Waals surface area contributed by atoms with Crippen LogP contribution in [0.2, 0.25) is 0 Å². The van der Waals surface area contributed by atoms with Gasteiger partial charge in [0.25, 0.3) is 5.69 Å². The molecule has 0 radical (unpaired) electrons. The van der Waals surface area contributed by atoms with Crippen molar-refractivity contribution in [1.29, 1.82) is 0 Å². The smallest absolute Gasteiger partial charge is 0.287 e. The second-order valence-corrected chi connectivity index (χ2v) is 3.78. The number of anilines is 1. The maximum absolute atomic E-state index is 10.4. The number of nitrogens with zero attached hydrogens (tertiary/aromatic N) is 2. The van der Waals surface area contributed by atoms with Crippen LogP contribution >= 0.6 is 0 Å². The zero-order valence-electron chi connectivity index (χ0n) is 8.80. The van der Waals surface area contributed by atoms with E-state index in [-0.39, 0.29) is 5.69 Å². The van der Waals surface area contributed by atoms with E-state index in [9.17, 15) is 10.1 Å². The summed E-state index contributed by atoms with van der Waals surface area (Å²) in [6.45, 7) is 0. The fourth-order valence-corrected chi connectivity index (χ4v) is 1.71. The van der Waals surface area contributed by atoms with Gasteiger partial charge in [-0.1, -0.05) is 12.2 Å². The summed E-state index contributed by atoms with van der Waals surface area (Å²) in [5.74, 6) is 0.700. The van der Waals surface area contributed by atoms with Gasteiger partial charge in [0.05, 0.1) is 4.92 Å². The molecular weight excluding hydrogens is 206 g/mol. The van der Waals surface area contributed by atoms with E-state index in [1.54, 1.807) is 6.07 Å². The molecule has 1 aromatic rings. The molecule has 5 heteroatoms. The lowest BCUT2D eigenvalue weighted by atomic mass is 10.0. The molecule has 2 rings (SSSR count). The number of hydrogen-bond donors (Lipinski definition) is 1. The monoisotopic (exact) mass is 219 g/mol. The Morgan fingerprint density at radius 2 is 2.31 bits per heavy atom. The average molecular weight is 219 g/mol. The van der Waals surface area contributed by atoms with E-state index in [1.165, 1.54) is 12.3 Å². The minimum Gasteiger partial charge on any atom is -0.367 e. The van der Waals surface area contributed by atoms with Crippen molar-refractivity contribution in [3.05, 3.63) is 40.6 Å². The molecule has 16 heavy (non-hydrogen) atoms. The maximum atomic E-state index is 10.4. The van der Waals surface area contributed by atoms with E-state index in [1.807, 2.05) is 0 Å². The molecule has 0 aliphatic heterocycles. The molecule has 1 N–H and O–H groups in total. The zero-order valence-corrected chi connectivity index (χ0v) is 8.80. The van der Waals surface area contributed by atoms with Crippen LogP contribution in [0.25, 0.3) is 0 Å². The summed E-state index contributed by atoms with van der Waals surface area (Å²) in [6.07, 6.45) is 8.73. The Bertz CT molecular complexity index is 400. The predicted molar refractivity (Wildman–Crippen MR) is 61.3 cm³/mol. The van der Waals surface area contributed by atoms with Crippen molar-refractivity contribution in [3.8, 4) is 0 Å². The summed E-state index contributed by atoms with van der Waals surface area (Å²) in [5, 5.41) is 13.7. The van der Waals surface area contributed by atoms with Gasteiger partial charge in [-0.3, -0.25) is 10.1 Å². The van der Waals surface area contributed by atoms with Crippen LogP contribution in [0, 0.1) is 10.1 Å². The highest BCUT2D eigenvalue weighted by Crippen LogP contribution is 2.17. The third kappa shape index (κ3) is 2.56. The first-order valence-electron chi connectivity index (χ1n) is 5.27. The average Bonchev–Trinajstić information content (AvgIpc) is 2.31. The van der Waals surface area contributed by atoms with Crippen molar-refractivity contribution >= 4 is 11.5 Å². The summed E-state index contributed by atoms with van der Waals surface area (Å²) in [6, 6.07) is 3.50.